The van der Waals surface area contributed by atoms with Gasteiger partial charge in [-0.3, -0.25) is 9.78 Å². The van der Waals surface area contributed by atoms with Gasteiger partial charge in [0.05, 0.1) is 0 Å². The minimum absolute atomic E-state index is 0.0566. The number of aromatic nitrogens is 1. The first-order valence-corrected chi connectivity index (χ1v) is 7.21. The standard InChI is InChI=1S/C15H23N3O/c1-3-8-16-12-7-9-17-14(10-12)15(19)18-13-6-4-5-11(13)2/h7,9-11,13H,3-6,8H2,1-2H3,(H,16,17)(H,18,19). The predicted molar refractivity (Wildman–Crippen MR) is 77.3 cm³/mol. The van der Waals surface area contributed by atoms with Gasteiger partial charge in [-0.15, -0.1) is 0 Å². The molecule has 4 heteroatoms. The number of hydrogen-bond acceptors (Lipinski definition) is 3. The molecule has 1 saturated carbocycles. The maximum atomic E-state index is 12.2. The molecule has 4 nitrogen and oxygen atoms in total. The lowest BCUT2D eigenvalue weighted by Gasteiger charge is -2.17. The fraction of sp³-hybridized carbons (Fsp3) is 0.600. The summed E-state index contributed by atoms with van der Waals surface area (Å²) in [5, 5.41) is 6.37. The lowest BCUT2D eigenvalue weighted by molar-refractivity contribution is 0.0924. The summed E-state index contributed by atoms with van der Waals surface area (Å²) >= 11 is 0. The Hall–Kier alpha value is -1.58. The first kappa shape index (κ1) is 13.8. The highest BCUT2D eigenvalue weighted by molar-refractivity contribution is 5.93. The predicted octanol–water partition coefficient (Wildman–Crippen LogP) is 2.82. The van der Waals surface area contributed by atoms with Gasteiger partial charge >= 0.3 is 0 Å². The molecule has 19 heavy (non-hydrogen) atoms. The van der Waals surface area contributed by atoms with Crippen molar-refractivity contribution in [2.24, 2.45) is 5.92 Å². The molecule has 2 unspecified atom stereocenters. The highest BCUT2D eigenvalue weighted by atomic mass is 16.1. The first-order valence-electron chi connectivity index (χ1n) is 7.21. The fourth-order valence-corrected chi connectivity index (χ4v) is 2.54. The number of anilines is 1. The van der Waals surface area contributed by atoms with Gasteiger partial charge in [-0.1, -0.05) is 20.3 Å². The van der Waals surface area contributed by atoms with Crippen LogP contribution in [0.25, 0.3) is 0 Å². The fourth-order valence-electron chi connectivity index (χ4n) is 2.54. The maximum Gasteiger partial charge on any atom is 0.270 e. The van der Waals surface area contributed by atoms with Crippen molar-refractivity contribution in [1.29, 1.82) is 0 Å². The van der Waals surface area contributed by atoms with Gasteiger partial charge in [0.25, 0.3) is 5.91 Å². The van der Waals surface area contributed by atoms with Crippen LogP contribution in [0.3, 0.4) is 0 Å². The van der Waals surface area contributed by atoms with E-state index in [0.29, 0.717) is 17.7 Å². The average Bonchev–Trinajstić information content (AvgIpc) is 2.82. The molecule has 0 radical (unpaired) electrons. The zero-order valence-electron chi connectivity index (χ0n) is 11.8. The van der Waals surface area contributed by atoms with E-state index >= 15 is 0 Å². The number of nitrogens with one attached hydrogen (secondary N) is 2. The summed E-state index contributed by atoms with van der Waals surface area (Å²) in [4.78, 5) is 16.3. The van der Waals surface area contributed by atoms with Crippen molar-refractivity contribution in [3.05, 3.63) is 24.0 Å². The third kappa shape index (κ3) is 3.69. The molecule has 0 bridgehead atoms. The van der Waals surface area contributed by atoms with Crippen molar-refractivity contribution in [1.82, 2.24) is 10.3 Å². The zero-order valence-corrected chi connectivity index (χ0v) is 11.8. The minimum atomic E-state index is -0.0566. The summed E-state index contributed by atoms with van der Waals surface area (Å²) < 4.78 is 0. The van der Waals surface area contributed by atoms with E-state index < -0.39 is 0 Å². The Bertz CT molecular complexity index is 433. The van der Waals surface area contributed by atoms with Crippen molar-refractivity contribution in [3.8, 4) is 0 Å². The van der Waals surface area contributed by atoms with Crippen molar-refractivity contribution in [2.45, 2.75) is 45.6 Å². The summed E-state index contributed by atoms with van der Waals surface area (Å²) in [6, 6.07) is 4.02. The Morgan fingerprint density at radius 1 is 1.47 bits per heavy atom. The Labute approximate surface area is 115 Å². The molecule has 1 heterocycles. The second-order valence-electron chi connectivity index (χ2n) is 5.34. The van der Waals surface area contributed by atoms with Crippen LogP contribution in [0, 0.1) is 5.92 Å². The Kier molecular flexibility index (Phi) is 4.77. The number of carbonyl (C=O) groups excluding carboxylic acids is 1. The van der Waals surface area contributed by atoms with Crippen LogP contribution in [-0.2, 0) is 0 Å². The molecule has 1 aliphatic carbocycles. The lowest BCUT2D eigenvalue weighted by atomic mass is 10.1. The second-order valence-corrected chi connectivity index (χ2v) is 5.34. The van der Waals surface area contributed by atoms with Crippen LogP contribution in [-0.4, -0.2) is 23.5 Å². The number of nitrogens with zero attached hydrogens (tertiary/aromatic N) is 1. The third-order valence-electron chi connectivity index (χ3n) is 3.75. The number of pyridine rings is 1. The van der Waals surface area contributed by atoms with Gasteiger partial charge in [-0.25, -0.2) is 0 Å². The Balaban J connectivity index is 1.98. The van der Waals surface area contributed by atoms with Crippen LogP contribution in [0.15, 0.2) is 18.3 Å². The second kappa shape index (κ2) is 6.55. The van der Waals surface area contributed by atoms with E-state index in [0.717, 1.165) is 25.1 Å². The quantitative estimate of drug-likeness (QED) is 0.857. The van der Waals surface area contributed by atoms with E-state index in [4.69, 9.17) is 0 Å². The molecule has 2 rings (SSSR count). The van der Waals surface area contributed by atoms with E-state index in [1.807, 2.05) is 12.1 Å². The molecule has 0 saturated heterocycles. The number of carbonyl (C=O) groups is 1. The summed E-state index contributed by atoms with van der Waals surface area (Å²) in [6.45, 7) is 5.22. The van der Waals surface area contributed by atoms with Crippen molar-refractivity contribution in [3.63, 3.8) is 0 Å². The minimum Gasteiger partial charge on any atom is -0.385 e. The molecule has 1 fully saturated rings. The van der Waals surface area contributed by atoms with Crippen molar-refractivity contribution >= 4 is 11.6 Å². The molecule has 1 amide bonds. The van der Waals surface area contributed by atoms with Gasteiger partial charge < -0.3 is 10.6 Å². The van der Waals surface area contributed by atoms with E-state index in [2.05, 4.69) is 29.5 Å². The van der Waals surface area contributed by atoms with Crippen molar-refractivity contribution in [2.75, 3.05) is 11.9 Å². The smallest absolute Gasteiger partial charge is 0.270 e. The highest BCUT2D eigenvalue weighted by Gasteiger charge is 2.25. The average molecular weight is 261 g/mol. The van der Waals surface area contributed by atoms with Crippen LogP contribution in [0.1, 0.15) is 50.0 Å². The largest absolute Gasteiger partial charge is 0.385 e. The summed E-state index contributed by atoms with van der Waals surface area (Å²) in [5.74, 6) is 0.518. The molecule has 104 valence electrons. The van der Waals surface area contributed by atoms with Gasteiger partial charge in [0, 0.05) is 24.5 Å². The van der Waals surface area contributed by atoms with Gasteiger partial charge in [-0.05, 0) is 37.3 Å². The molecule has 0 aromatic carbocycles. The molecule has 1 aromatic rings. The number of hydrogen-bond donors (Lipinski definition) is 2. The summed E-state index contributed by atoms with van der Waals surface area (Å²) in [5.41, 5.74) is 1.46. The zero-order chi connectivity index (χ0) is 13.7. The molecule has 2 atom stereocenters. The van der Waals surface area contributed by atoms with E-state index in [-0.39, 0.29) is 5.91 Å². The van der Waals surface area contributed by atoms with Crippen LogP contribution < -0.4 is 10.6 Å². The molecule has 1 aliphatic rings. The van der Waals surface area contributed by atoms with Crippen molar-refractivity contribution < 1.29 is 4.79 Å². The molecular weight excluding hydrogens is 238 g/mol. The van der Waals surface area contributed by atoms with Gasteiger partial charge in [-0.2, -0.15) is 0 Å². The Morgan fingerprint density at radius 3 is 3.00 bits per heavy atom. The first-order chi connectivity index (χ1) is 9.20. The maximum absolute atomic E-state index is 12.2. The van der Waals surface area contributed by atoms with Gasteiger partial charge in [0.2, 0.25) is 0 Å². The molecule has 0 spiro atoms. The number of amides is 1. The topological polar surface area (TPSA) is 54.0 Å². The summed E-state index contributed by atoms with van der Waals surface area (Å²) in [6.07, 6.45) is 6.24. The van der Waals surface area contributed by atoms with Crippen LogP contribution >= 0.6 is 0 Å². The lowest BCUT2D eigenvalue weighted by Crippen LogP contribution is -2.36. The molecule has 0 aliphatic heterocycles. The van der Waals surface area contributed by atoms with E-state index in [9.17, 15) is 4.79 Å². The van der Waals surface area contributed by atoms with E-state index in [1.54, 1.807) is 6.20 Å². The molecule has 1 aromatic heterocycles. The normalized spacial score (nSPS) is 22.2. The summed E-state index contributed by atoms with van der Waals surface area (Å²) in [7, 11) is 0. The van der Waals surface area contributed by atoms with Crippen LogP contribution in [0.5, 0.6) is 0 Å². The van der Waals surface area contributed by atoms with Crippen LogP contribution in [0.2, 0.25) is 0 Å². The van der Waals surface area contributed by atoms with E-state index in [1.165, 1.54) is 12.8 Å². The highest BCUT2D eigenvalue weighted by Crippen LogP contribution is 2.25. The number of rotatable bonds is 5. The third-order valence-corrected chi connectivity index (χ3v) is 3.75. The molecular formula is C15H23N3O. The van der Waals surface area contributed by atoms with Gasteiger partial charge in [0.1, 0.15) is 5.69 Å². The molecule has 2 N–H and O–H groups in total. The van der Waals surface area contributed by atoms with Gasteiger partial charge in [0.15, 0.2) is 0 Å². The monoisotopic (exact) mass is 261 g/mol. The SMILES string of the molecule is CCCNc1ccnc(C(=O)NC2CCCC2C)c1. The Morgan fingerprint density at radius 2 is 2.32 bits per heavy atom. The van der Waals surface area contributed by atoms with Crippen LogP contribution in [0.4, 0.5) is 5.69 Å².